The Balaban J connectivity index is 1.51. The van der Waals surface area contributed by atoms with Crippen LogP contribution in [0.5, 0.6) is 0 Å². The molecule has 0 bridgehead atoms. The Bertz CT molecular complexity index is 689. The van der Waals surface area contributed by atoms with Crippen molar-refractivity contribution in [1.82, 2.24) is 20.2 Å². The van der Waals surface area contributed by atoms with E-state index in [2.05, 4.69) is 27.1 Å². The van der Waals surface area contributed by atoms with Gasteiger partial charge in [0.2, 0.25) is 0 Å². The minimum Gasteiger partial charge on any atom is -0.465 e. The molecule has 1 fully saturated rings. The summed E-state index contributed by atoms with van der Waals surface area (Å²) in [6, 6.07) is 3.74. The highest BCUT2D eigenvalue weighted by atomic mass is 16.3. The van der Waals surface area contributed by atoms with Crippen LogP contribution >= 0.6 is 0 Å². The maximum atomic E-state index is 12.1. The van der Waals surface area contributed by atoms with Crippen molar-refractivity contribution < 1.29 is 14.3 Å². The van der Waals surface area contributed by atoms with Crippen LogP contribution in [0.15, 0.2) is 35.1 Å². The molecule has 3 heterocycles. The van der Waals surface area contributed by atoms with Gasteiger partial charge >= 0.3 is 0 Å². The van der Waals surface area contributed by atoms with Gasteiger partial charge in [-0.2, -0.15) is 0 Å². The van der Waals surface area contributed by atoms with Crippen molar-refractivity contribution in [2.24, 2.45) is 0 Å². The summed E-state index contributed by atoms with van der Waals surface area (Å²) in [6.45, 7) is 4.08. The number of aryl methyl sites for hydroxylation is 1. The average molecular weight is 344 g/mol. The van der Waals surface area contributed by atoms with Crippen molar-refractivity contribution in [3.63, 3.8) is 0 Å². The van der Waals surface area contributed by atoms with Gasteiger partial charge in [0.25, 0.3) is 5.91 Å². The van der Waals surface area contributed by atoms with E-state index in [1.165, 1.54) is 18.6 Å². The van der Waals surface area contributed by atoms with E-state index >= 15 is 0 Å². The molecule has 134 valence electrons. The zero-order valence-corrected chi connectivity index (χ0v) is 14.4. The van der Waals surface area contributed by atoms with E-state index in [1.807, 2.05) is 12.1 Å². The number of rotatable bonds is 6. The first-order valence-corrected chi connectivity index (χ1v) is 8.70. The first-order chi connectivity index (χ1) is 12.2. The molecule has 3 rings (SSSR count). The van der Waals surface area contributed by atoms with E-state index in [9.17, 15) is 9.90 Å². The Labute approximate surface area is 147 Å². The van der Waals surface area contributed by atoms with Crippen LogP contribution in [0.1, 0.15) is 41.8 Å². The number of nitrogens with one attached hydrogen (secondary N) is 1. The summed E-state index contributed by atoms with van der Waals surface area (Å²) in [5, 5.41) is 13.2. The van der Waals surface area contributed by atoms with Gasteiger partial charge in [-0.3, -0.25) is 14.7 Å². The number of hydrogen-bond donors (Lipinski definition) is 2. The third-order valence-corrected chi connectivity index (χ3v) is 4.37. The molecule has 7 nitrogen and oxygen atoms in total. The van der Waals surface area contributed by atoms with Gasteiger partial charge in [0.15, 0.2) is 0 Å². The molecule has 0 aromatic carbocycles. The second kappa shape index (κ2) is 8.22. The highest BCUT2D eigenvalue weighted by molar-refractivity contribution is 5.92. The van der Waals surface area contributed by atoms with Crippen LogP contribution in [0.3, 0.4) is 0 Å². The molecule has 1 aliphatic rings. The summed E-state index contributed by atoms with van der Waals surface area (Å²) in [4.78, 5) is 22.2. The van der Waals surface area contributed by atoms with Crippen LogP contribution < -0.4 is 5.32 Å². The van der Waals surface area contributed by atoms with Crippen LogP contribution in [0.2, 0.25) is 0 Å². The van der Waals surface area contributed by atoms with Crippen LogP contribution in [0, 0.1) is 0 Å². The molecule has 2 atom stereocenters. The van der Waals surface area contributed by atoms with Gasteiger partial charge in [-0.05, 0) is 25.0 Å². The van der Waals surface area contributed by atoms with Crippen molar-refractivity contribution in [1.29, 1.82) is 0 Å². The minimum atomic E-state index is -0.626. The summed E-state index contributed by atoms with van der Waals surface area (Å²) in [5.41, 5.74) is 0.260. The topological polar surface area (TPSA) is 91.5 Å². The van der Waals surface area contributed by atoms with Gasteiger partial charge in [-0.1, -0.05) is 6.92 Å². The Hall–Kier alpha value is -2.25. The molecular weight excluding hydrogens is 320 g/mol. The number of carbonyl (C=O) groups is 1. The normalized spacial score (nSPS) is 21.2. The maximum absolute atomic E-state index is 12.1. The van der Waals surface area contributed by atoms with Gasteiger partial charge in [0.1, 0.15) is 17.2 Å². The fourth-order valence-electron chi connectivity index (χ4n) is 3.08. The number of aliphatic hydroxyl groups is 1. The fourth-order valence-corrected chi connectivity index (χ4v) is 3.08. The van der Waals surface area contributed by atoms with Crippen LogP contribution in [-0.4, -0.2) is 51.1 Å². The first kappa shape index (κ1) is 17.6. The lowest BCUT2D eigenvalue weighted by Crippen LogP contribution is -2.53. The Kier molecular flexibility index (Phi) is 5.78. The van der Waals surface area contributed by atoms with E-state index in [4.69, 9.17) is 4.42 Å². The standard InChI is InChI=1S/C18H24N4O3/c1-2-3-13-4-5-14(25-13)11-22-9-6-15(17(23)12-22)21-18(24)16-10-19-7-8-20-16/h4-5,7-8,10,15,17,23H,2-3,6,9,11-12H2,1H3,(H,21,24)/t15-,17-/m1/s1. The van der Waals surface area contributed by atoms with Crippen LogP contribution in [0.25, 0.3) is 0 Å². The van der Waals surface area contributed by atoms with Crippen LogP contribution in [0.4, 0.5) is 0 Å². The number of piperidine rings is 1. The van der Waals surface area contributed by atoms with Gasteiger partial charge in [0.05, 0.1) is 24.9 Å². The van der Waals surface area contributed by atoms with Crippen molar-refractivity contribution in [3.05, 3.63) is 47.9 Å². The molecule has 1 amide bonds. The number of furan rings is 1. The minimum absolute atomic E-state index is 0.260. The molecule has 1 saturated heterocycles. The lowest BCUT2D eigenvalue weighted by molar-refractivity contribution is 0.0324. The molecule has 0 radical (unpaired) electrons. The SMILES string of the molecule is CCCc1ccc(CN2CC[C@@H](NC(=O)c3cnccn3)[C@H](O)C2)o1. The van der Waals surface area contributed by atoms with Gasteiger partial charge in [-0.25, -0.2) is 4.98 Å². The second-order valence-electron chi connectivity index (χ2n) is 6.38. The number of β-amino-alcohol motifs (C(OH)–C–C–N with tert-alkyl or cyclic N) is 1. The molecular formula is C18H24N4O3. The van der Waals surface area contributed by atoms with E-state index in [0.29, 0.717) is 19.5 Å². The molecule has 2 aromatic heterocycles. The first-order valence-electron chi connectivity index (χ1n) is 8.70. The smallest absolute Gasteiger partial charge is 0.271 e. The summed E-state index contributed by atoms with van der Waals surface area (Å²) < 4.78 is 5.80. The van der Waals surface area contributed by atoms with Gasteiger partial charge in [-0.15, -0.1) is 0 Å². The lowest BCUT2D eigenvalue weighted by Gasteiger charge is -2.35. The number of aliphatic hydroxyl groups excluding tert-OH is 1. The largest absolute Gasteiger partial charge is 0.465 e. The summed E-state index contributed by atoms with van der Waals surface area (Å²) in [6.07, 6.45) is 6.47. The highest BCUT2D eigenvalue weighted by Gasteiger charge is 2.29. The third-order valence-electron chi connectivity index (χ3n) is 4.37. The maximum Gasteiger partial charge on any atom is 0.271 e. The zero-order valence-electron chi connectivity index (χ0n) is 14.4. The van der Waals surface area contributed by atoms with E-state index < -0.39 is 6.10 Å². The molecule has 0 spiro atoms. The molecule has 25 heavy (non-hydrogen) atoms. The van der Waals surface area contributed by atoms with Gasteiger partial charge in [0, 0.05) is 31.9 Å². The molecule has 1 aliphatic heterocycles. The van der Waals surface area contributed by atoms with Gasteiger partial charge < -0.3 is 14.8 Å². The van der Waals surface area contributed by atoms with E-state index in [-0.39, 0.29) is 17.6 Å². The lowest BCUT2D eigenvalue weighted by atomic mass is 10.0. The quantitative estimate of drug-likeness (QED) is 0.823. The monoisotopic (exact) mass is 344 g/mol. The van der Waals surface area contributed by atoms with Crippen molar-refractivity contribution in [2.75, 3.05) is 13.1 Å². The molecule has 2 N–H and O–H groups in total. The number of amides is 1. The Morgan fingerprint density at radius 2 is 2.24 bits per heavy atom. The number of hydrogen-bond acceptors (Lipinski definition) is 6. The van der Waals surface area contributed by atoms with Crippen molar-refractivity contribution in [2.45, 2.75) is 44.9 Å². The predicted octanol–water partition coefficient (Wildman–Crippen LogP) is 1.39. The predicted molar refractivity (Wildman–Crippen MR) is 91.9 cm³/mol. The fraction of sp³-hybridized carbons (Fsp3) is 0.500. The zero-order chi connectivity index (χ0) is 17.6. The average Bonchev–Trinajstić information content (AvgIpc) is 3.05. The molecule has 0 aliphatic carbocycles. The number of likely N-dealkylation sites (tertiary alicyclic amines) is 1. The molecule has 0 unspecified atom stereocenters. The second-order valence-corrected chi connectivity index (χ2v) is 6.38. The van der Waals surface area contributed by atoms with E-state index in [0.717, 1.165) is 30.9 Å². The summed E-state index contributed by atoms with van der Waals surface area (Å²) in [5.74, 6) is 1.61. The summed E-state index contributed by atoms with van der Waals surface area (Å²) in [7, 11) is 0. The molecule has 0 saturated carbocycles. The summed E-state index contributed by atoms with van der Waals surface area (Å²) >= 11 is 0. The van der Waals surface area contributed by atoms with Crippen LogP contribution in [-0.2, 0) is 13.0 Å². The highest BCUT2D eigenvalue weighted by Crippen LogP contribution is 2.17. The molecule has 7 heteroatoms. The third kappa shape index (κ3) is 4.64. The van der Waals surface area contributed by atoms with E-state index in [1.54, 1.807) is 0 Å². The number of carbonyl (C=O) groups excluding carboxylic acids is 1. The Morgan fingerprint density at radius 3 is 2.96 bits per heavy atom. The van der Waals surface area contributed by atoms with Crippen molar-refractivity contribution >= 4 is 5.91 Å². The Morgan fingerprint density at radius 1 is 1.40 bits per heavy atom. The van der Waals surface area contributed by atoms with Crippen molar-refractivity contribution in [3.8, 4) is 0 Å². The number of aromatic nitrogens is 2. The number of nitrogens with zero attached hydrogens (tertiary/aromatic N) is 3. The molecule has 2 aromatic rings.